The molecule has 0 unspecified atom stereocenters. The Kier molecular flexibility index (Phi) is 3.53. The summed E-state index contributed by atoms with van der Waals surface area (Å²) in [5, 5.41) is 3.32. The van der Waals surface area contributed by atoms with Crippen molar-refractivity contribution in [3.8, 4) is 0 Å². The summed E-state index contributed by atoms with van der Waals surface area (Å²) < 4.78 is 5.49. The minimum atomic E-state index is 0.738. The van der Waals surface area contributed by atoms with E-state index in [1.165, 1.54) is 25.2 Å². The first-order chi connectivity index (χ1) is 9.20. The molecule has 2 aromatic rings. The Hall–Kier alpha value is -1.39. The zero-order valence-corrected chi connectivity index (χ0v) is 11.6. The number of aromatic nitrogens is 1. The number of oxazole rings is 1. The van der Waals surface area contributed by atoms with Gasteiger partial charge in [-0.2, -0.15) is 0 Å². The van der Waals surface area contributed by atoms with Crippen molar-refractivity contribution in [2.45, 2.75) is 13.3 Å². The normalized spacial score (nSPS) is 16.2. The standard InChI is InChI=1S/C15H21N3O/c1-11-17-14-7-12(3-4-15(14)19-11)5-6-18(2)10-13-8-16-9-13/h3-4,7,13,16H,5-6,8-10H2,1-2H3. The molecule has 4 heteroatoms. The van der Waals surface area contributed by atoms with Crippen LogP contribution in [0.15, 0.2) is 22.6 Å². The topological polar surface area (TPSA) is 41.3 Å². The van der Waals surface area contributed by atoms with Crippen LogP contribution >= 0.6 is 0 Å². The van der Waals surface area contributed by atoms with Crippen molar-refractivity contribution in [1.82, 2.24) is 15.2 Å². The minimum absolute atomic E-state index is 0.738. The first kappa shape index (κ1) is 12.6. The molecule has 0 aliphatic carbocycles. The van der Waals surface area contributed by atoms with Gasteiger partial charge in [0.25, 0.3) is 0 Å². The number of hydrogen-bond donors (Lipinski definition) is 1. The van der Waals surface area contributed by atoms with E-state index in [-0.39, 0.29) is 0 Å². The van der Waals surface area contributed by atoms with Gasteiger partial charge in [-0.1, -0.05) is 6.07 Å². The van der Waals surface area contributed by atoms with E-state index in [9.17, 15) is 0 Å². The Labute approximate surface area is 113 Å². The van der Waals surface area contributed by atoms with Crippen LogP contribution in [-0.4, -0.2) is 43.1 Å². The molecule has 0 saturated carbocycles. The van der Waals surface area contributed by atoms with E-state index in [2.05, 4.69) is 34.4 Å². The molecular formula is C15H21N3O. The molecule has 1 aliphatic heterocycles. The molecule has 1 N–H and O–H groups in total. The lowest BCUT2D eigenvalue weighted by molar-refractivity contribution is 0.226. The van der Waals surface area contributed by atoms with Crippen LogP contribution in [0.5, 0.6) is 0 Å². The third-order valence-corrected chi connectivity index (χ3v) is 3.78. The maximum atomic E-state index is 5.49. The van der Waals surface area contributed by atoms with Gasteiger partial charge in [0.15, 0.2) is 11.5 Å². The van der Waals surface area contributed by atoms with Crippen LogP contribution in [0.2, 0.25) is 0 Å². The SMILES string of the molecule is Cc1nc2cc(CCN(C)CC3CNC3)ccc2o1. The van der Waals surface area contributed by atoms with Crippen molar-refractivity contribution in [3.63, 3.8) is 0 Å². The Morgan fingerprint density at radius 3 is 3.00 bits per heavy atom. The van der Waals surface area contributed by atoms with Crippen molar-refractivity contribution < 1.29 is 4.42 Å². The second-order valence-corrected chi connectivity index (χ2v) is 5.57. The lowest BCUT2D eigenvalue weighted by atomic mass is 10.0. The molecule has 1 aliphatic rings. The fourth-order valence-corrected chi connectivity index (χ4v) is 2.57. The Morgan fingerprint density at radius 2 is 2.26 bits per heavy atom. The molecule has 0 spiro atoms. The van der Waals surface area contributed by atoms with Crippen molar-refractivity contribution >= 4 is 11.1 Å². The predicted molar refractivity (Wildman–Crippen MR) is 76.3 cm³/mol. The first-order valence-electron chi connectivity index (χ1n) is 6.96. The summed E-state index contributed by atoms with van der Waals surface area (Å²) in [6.07, 6.45) is 1.07. The largest absolute Gasteiger partial charge is 0.441 e. The summed E-state index contributed by atoms with van der Waals surface area (Å²) in [7, 11) is 2.21. The van der Waals surface area contributed by atoms with Crippen molar-refractivity contribution in [2.75, 3.05) is 33.2 Å². The molecule has 0 bridgehead atoms. The summed E-state index contributed by atoms with van der Waals surface area (Å²) in [6.45, 7) is 6.53. The van der Waals surface area contributed by atoms with Gasteiger partial charge in [0.2, 0.25) is 0 Å². The maximum Gasteiger partial charge on any atom is 0.192 e. The minimum Gasteiger partial charge on any atom is -0.441 e. The molecule has 1 fully saturated rings. The number of nitrogens with zero attached hydrogens (tertiary/aromatic N) is 2. The third-order valence-electron chi connectivity index (χ3n) is 3.78. The molecule has 4 nitrogen and oxygen atoms in total. The van der Waals surface area contributed by atoms with Gasteiger partial charge in [0.05, 0.1) is 0 Å². The molecule has 0 amide bonds. The predicted octanol–water partition coefficient (Wildman–Crippen LogP) is 1.83. The number of rotatable bonds is 5. The fraction of sp³-hybridized carbons (Fsp3) is 0.533. The number of benzene rings is 1. The Balaban J connectivity index is 1.57. The highest BCUT2D eigenvalue weighted by atomic mass is 16.3. The summed E-state index contributed by atoms with van der Waals surface area (Å²) >= 11 is 0. The molecular weight excluding hydrogens is 238 g/mol. The first-order valence-corrected chi connectivity index (χ1v) is 6.96. The summed E-state index contributed by atoms with van der Waals surface area (Å²) in [5.74, 6) is 1.58. The molecule has 1 aromatic carbocycles. The van der Waals surface area contributed by atoms with E-state index in [1.807, 2.05) is 13.0 Å². The van der Waals surface area contributed by atoms with E-state index >= 15 is 0 Å². The van der Waals surface area contributed by atoms with Gasteiger partial charge in [-0.25, -0.2) is 4.98 Å². The molecule has 102 valence electrons. The van der Waals surface area contributed by atoms with Gasteiger partial charge < -0.3 is 14.6 Å². The summed E-state index contributed by atoms with van der Waals surface area (Å²) in [5.41, 5.74) is 3.19. The highest BCUT2D eigenvalue weighted by Gasteiger charge is 2.18. The van der Waals surface area contributed by atoms with Crippen molar-refractivity contribution in [3.05, 3.63) is 29.7 Å². The zero-order valence-electron chi connectivity index (χ0n) is 11.6. The smallest absolute Gasteiger partial charge is 0.192 e. The van der Waals surface area contributed by atoms with Crippen LogP contribution in [0.4, 0.5) is 0 Å². The molecule has 3 rings (SSSR count). The lowest BCUT2D eigenvalue weighted by Gasteiger charge is -2.31. The van der Waals surface area contributed by atoms with Gasteiger partial charge in [-0.15, -0.1) is 0 Å². The highest BCUT2D eigenvalue weighted by molar-refractivity contribution is 5.73. The van der Waals surface area contributed by atoms with Crippen LogP contribution in [0, 0.1) is 12.8 Å². The van der Waals surface area contributed by atoms with E-state index in [0.717, 1.165) is 35.9 Å². The zero-order chi connectivity index (χ0) is 13.2. The molecule has 0 radical (unpaired) electrons. The van der Waals surface area contributed by atoms with E-state index in [1.54, 1.807) is 0 Å². The molecule has 2 heterocycles. The van der Waals surface area contributed by atoms with Gasteiger partial charge in [0, 0.05) is 33.1 Å². The summed E-state index contributed by atoms with van der Waals surface area (Å²) in [6, 6.07) is 6.32. The Morgan fingerprint density at radius 1 is 1.42 bits per heavy atom. The van der Waals surface area contributed by atoms with Crippen molar-refractivity contribution in [1.29, 1.82) is 0 Å². The van der Waals surface area contributed by atoms with E-state index in [4.69, 9.17) is 4.42 Å². The van der Waals surface area contributed by atoms with E-state index < -0.39 is 0 Å². The molecule has 19 heavy (non-hydrogen) atoms. The monoisotopic (exact) mass is 259 g/mol. The number of nitrogens with one attached hydrogen (secondary N) is 1. The highest BCUT2D eigenvalue weighted by Crippen LogP contribution is 2.17. The fourth-order valence-electron chi connectivity index (χ4n) is 2.57. The molecule has 1 aromatic heterocycles. The third kappa shape index (κ3) is 2.96. The lowest BCUT2D eigenvalue weighted by Crippen LogP contribution is -2.47. The van der Waals surface area contributed by atoms with Crippen molar-refractivity contribution in [2.24, 2.45) is 5.92 Å². The molecule has 0 atom stereocenters. The second kappa shape index (κ2) is 5.31. The van der Waals surface area contributed by atoms with Gasteiger partial charge in [-0.05, 0) is 37.1 Å². The number of aryl methyl sites for hydroxylation is 1. The van der Waals surface area contributed by atoms with Crippen LogP contribution in [0.1, 0.15) is 11.5 Å². The van der Waals surface area contributed by atoms with Gasteiger partial charge in [-0.3, -0.25) is 0 Å². The average Bonchev–Trinajstić information content (AvgIpc) is 2.70. The Bertz CT molecular complexity index is 560. The second-order valence-electron chi connectivity index (χ2n) is 5.57. The van der Waals surface area contributed by atoms with Crippen LogP contribution in [0.25, 0.3) is 11.1 Å². The summed E-state index contributed by atoms with van der Waals surface area (Å²) in [4.78, 5) is 6.80. The number of hydrogen-bond acceptors (Lipinski definition) is 4. The maximum absolute atomic E-state index is 5.49. The van der Waals surface area contributed by atoms with Crippen LogP contribution < -0.4 is 5.32 Å². The van der Waals surface area contributed by atoms with Gasteiger partial charge in [0.1, 0.15) is 5.52 Å². The average molecular weight is 259 g/mol. The van der Waals surface area contributed by atoms with Gasteiger partial charge >= 0.3 is 0 Å². The number of likely N-dealkylation sites (N-methyl/N-ethyl adjacent to an activating group) is 1. The quantitative estimate of drug-likeness (QED) is 0.889. The molecule has 1 saturated heterocycles. The van der Waals surface area contributed by atoms with E-state index in [0.29, 0.717) is 0 Å². The number of fused-ring (bicyclic) bond motifs is 1. The van der Waals surface area contributed by atoms with Crippen LogP contribution in [-0.2, 0) is 6.42 Å². The van der Waals surface area contributed by atoms with Crippen LogP contribution in [0.3, 0.4) is 0 Å².